The Kier molecular flexibility index (Phi) is 7.43. The second-order valence-corrected chi connectivity index (χ2v) is 10.4. The first-order valence-electron chi connectivity index (χ1n) is 13.2. The minimum absolute atomic E-state index is 0.0790. The minimum Gasteiger partial charge on any atom is -0.451 e. The van der Waals surface area contributed by atoms with Crippen LogP contribution in [0.3, 0.4) is 0 Å². The van der Waals surface area contributed by atoms with Gasteiger partial charge in [0.25, 0.3) is 5.91 Å². The van der Waals surface area contributed by atoms with Crippen LogP contribution >= 0.6 is 0 Å². The SMILES string of the molecule is Cc1ccccc1C1CCN(C2CCC(NC(=O)c3ccc(-c4cccc(C(F)(F)F)c4)o3)CC2)CC1. The predicted molar refractivity (Wildman–Crippen MR) is 137 cm³/mol. The molecule has 1 N–H and O–H groups in total. The standard InChI is InChI=1S/C30H33F3N2O2/c1-20-5-2-3-8-26(20)21-15-17-35(18-16-21)25-11-9-24(10-12-25)34-29(36)28-14-13-27(37-28)22-6-4-7-23(19-22)30(31,32)33/h2-8,13-14,19,21,24-25H,9-12,15-18H2,1H3,(H,34,36). The number of benzene rings is 2. The topological polar surface area (TPSA) is 45.5 Å². The smallest absolute Gasteiger partial charge is 0.416 e. The molecule has 196 valence electrons. The van der Waals surface area contributed by atoms with Crippen molar-refractivity contribution in [3.8, 4) is 11.3 Å². The fourth-order valence-electron chi connectivity index (χ4n) is 5.93. The Morgan fingerprint density at radius 2 is 1.65 bits per heavy atom. The van der Waals surface area contributed by atoms with Gasteiger partial charge in [-0.2, -0.15) is 13.2 Å². The summed E-state index contributed by atoms with van der Waals surface area (Å²) in [6, 6.07) is 17.3. The van der Waals surface area contributed by atoms with Gasteiger partial charge in [-0.05, 0) is 99.8 Å². The van der Waals surface area contributed by atoms with E-state index in [1.54, 1.807) is 12.1 Å². The van der Waals surface area contributed by atoms with Gasteiger partial charge in [-0.1, -0.05) is 36.4 Å². The van der Waals surface area contributed by atoms with Crippen molar-refractivity contribution in [3.05, 3.63) is 83.1 Å². The van der Waals surface area contributed by atoms with Gasteiger partial charge >= 0.3 is 6.18 Å². The van der Waals surface area contributed by atoms with Gasteiger partial charge in [-0.15, -0.1) is 0 Å². The lowest BCUT2D eigenvalue weighted by atomic mass is 9.84. The van der Waals surface area contributed by atoms with Gasteiger partial charge in [-0.25, -0.2) is 0 Å². The number of likely N-dealkylation sites (tertiary alicyclic amines) is 1. The molecule has 1 aromatic heterocycles. The summed E-state index contributed by atoms with van der Waals surface area (Å²) in [5, 5.41) is 3.06. The van der Waals surface area contributed by atoms with E-state index in [1.165, 1.54) is 36.1 Å². The number of aryl methyl sites for hydroxylation is 1. The quantitative estimate of drug-likeness (QED) is 0.395. The lowest BCUT2D eigenvalue weighted by molar-refractivity contribution is -0.137. The molecule has 1 saturated heterocycles. The van der Waals surface area contributed by atoms with Crippen LogP contribution in [-0.4, -0.2) is 36.0 Å². The summed E-state index contributed by atoms with van der Waals surface area (Å²) in [6.45, 7) is 4.43. The van der Waals surface area contributed by atoms with E-state index in [0.717, 1.165) is 50.9 Å². The molecule has 37 heavy (non-hydrogen) atoms. The molecule has 7 heteroatoms. The molecule has 0 unspecified atom stereocenters. The zero-order chi connectivity index (χ0) is 26.0. The molecule has 1 aliphatic heterocycles. The van der Waals surface area contributed by atoms with E-state index in [1.807, 2.05) is 0 Å². The number of hydrogen-bond acceptors (Lipinski definition) is 3. The second-order valence-electron chi connectivity index (χ2n) is 10.4. The van der Waals surface area contributed by atoms with Crippen LogP contribution in [0.1, 0.15) is 71.7 Å². The van der Waals surface area contributed by atoms with Gasteiger partial charge in [0.2, 0.25) is 0 Å². The molecule has 0 bridgehead atoms. The van der Waals surface area contributed by atoms with E-state index in [-0.39, 0.29) is 23.5 Å². The molecule has 2 aliphatic rings. The number of nitrogens with one attached hydrogen (secondary N) is 1. The van der Waals surface area contributed by atoms with Crippen LogP contribution in [0.2, 0.25) is 0 Å². The van der Waals surface area contributed by atoms with Crippen LogP contribution in [0.5, 0.6) is 0 Å². The van der Waals surface area contributed by atoms with E-state index >= 15 is 0 Å². The number of carbonyl (C=O) groups is 1. The third-order valence-corrected chi connectivity index (χ3v) is 8.01. The summed E-state index contributed by atoms with van der Waals surface area (Å²) < 4.78 is 44.7. The van der Waals surface area contributed by atoms with E-state index in [9.17, 15) is 18.0 Å². The number of amides is 1. The van der Waals surface area contributed by atoms with Gasteiger partial charge in [0.15, 0.2) is 5.76 Å². The summed E-state index contributed by atoms with van der Waals surface area (Å²) in [6.07, 6.45) is 1.87. The van der Waals surface area contributed by atoms with Crippen LogP contribution in [0.25, 0.3) is 11.3 Å². The van der Waals surface area contributed by atoms with Crippen molar-refractivity contribution in [2.75, 3.05) is 13.1 Å². The van der Waals surface area contributed by atoms with Crippen molar-refractivity contribution >= 4 is 5.91 Å². The van der Waals surface area contributed by atoms with Crippen molar-refractivity contribution in [3.63, 3.8) is 0 Å². The molecule has 2 fully saturated rings. The largest absolute Gasteiger partial charge is 0.451 e. The van der Waals surface area contributed by atoms with Crippen LogP contribution in [0, 0.1) is 6.92 Å². The molecule has 0 radical (unpaired) electrons. The average Bonchev–Trinajstić information content (AvgIpc) is 3.40. The van der Waals surface area contributed by atoms with Crippen molar-refractivity contribution in [1.29, 1.82) is 0 Å². The van der Waals surface area contributed by atoms with Gasteiger partial charge in [0.05, 0.1) is 5.56 Å². The zero-order valence-electron chi connectivity index (χ0n) is 21.1. The van der Waals surface area contributed by atoms with Gasteiger partial charge < -0.3 is 14.6 Å². The Bertz CT molecular complexity index is 1220. The third-order valence-electron chi connectivity index (χ3n) is 8.01. The van der Waals surface area contributed by atoms with Crippen LogP contribution in [0.4, 0.5) is 13.2 Å². The summed E-state index contributed by atoms with van der Waals surface area (Å²) in [5.41, 5.74) is 2.42. The average molecular weight is 511 g/mol. The van der Waals surface area contributed by atoms with E-state index in [2.05, 4.69) is 41.4 Å². The third kappa shape index (κ3) is 5.93. The minimum atomic E-state index is -4.43. The fraction of sp³-hybridized carbons (Fsp3) is 0.433. The van der Waals surface area contributed by atoms with Gasteiger partial charge in [-0.3, -0.25) is 4.79 Å². The lowest BCUT2D eigenvalue weighted by Crippen LogP contribution is -2.46. The van der Waals surface area contributed by atoms with Crippen LogP contribution in [0.15, 0.2) is 65.1 Å². The summed E-state index contributed by atoms with van der Waals surface area (Å²) in [4.78, 5) is 15.4. The summed E-state index contributed by atoms with van der Waals surface area (Å²) in [7, 11) is 0. The molecule has 5 rings (SSSR count). The number of rotatable bonds is 5. The normalized spacial score (nSPS) is 21.6. The Labute approximate surface area is 215 Å². The highest BCUT2D eigenvalue weighted by Gasteiger charge is 2.32. The highest BCUT2D eigenvalue weighted by molar-refractivity contribution is 5.92. The van der Waals surface area contributed by atoms with Crippen molar-refractivity contribution < 1.29 is 22.4 Å². The molecular formula is C30H33F3N2O2. The maximum atomic E-state index is 13.0. The maximum Gasteiger partial charge on any atom is 0.416 e. The number of hydrogen-bond donors (Lipinski definition) is 1. The Morgan fingerprint density at radius 3 is 2.35 bits per heavy atom. The van der Waals surface area contributed by atoms with Crippen molar-refractivity contribution in [2.24, 2.45) is 0 Å². The Hall–Kier alpha value is -3.06. The summed E-state index contributed by atoms with van der Waals surface area (Å²) >= 11 is 0. The molecular weight excluding hydrogens is 477 g/mol. The number of carbonyl (C=O) groups excluding carboxylic acids is 1. The lowest BCUT2D eigenvalue weighted by Gasteiger charge is -2.41. The number of nitrogens with zero attached hydrogens (tertiary/aromatic N) is 1. The molecule has 2 heterocycles. The van der Waals surface area contributed by atoms with E-state index in [4.69, 9.17) is 4.42 Å². The van der Waals surface area contributed by atoms with E-state index in [0.29, 0.717) is 17.5 Å². The molecule has 1 aliphatic carbocycles. The van der Waals surface area contributed by atoms with Gasteiger partial charge in [0, 0.05) is 17.6 Å². The first-order chi connectivity index (χ1) is 17.8. The molecule has 0 atom stereocenters. The molecule has 4 nitrogen and oxygen atoms in total. The highest BCUT2D eigenvalue weighted by atomic mass is 19.4. The second kappa shape index (κ2) is 10.7. The van der Waals surface area contributed by atoms with Crippen molar-refractivity contribution in [1.82, 2.24) is 10.2 Å². The highest BCUT2D eigenvalue weighted by Crippen LogP contribution is 2.34. The number of alkyl halides is 3. The number of furan rings is 1. The van der Waals surface area contributed by atoms with Crippen LogP contribution in [-0.2, 0) is 6.18 Å². The molecule has 1 saturated carbocycles. The molecule has 3 aromatic rings. The first kappa shape index (κ1) is 25.6. The van der Waals surface area contributed by atoms with Gasteiger partial charge in [0.1, 0.15) is 5.76 Å². The van der Waals surface area contributed by atoms with E-state index < -0.39 is 11.7 Å². The fourth-order valence-corrected chi connectivity index (χ4v) is 5.93. The number of piperidine rings is 1. The summed E-state index contributed by atoms with van der Waals surface area (Å²) in [5.74, 6) is 0.685. The molecule has 2 aromatic carbocycles. The first-order valence-corrected chi connectivity index (χ1v) is 13.2. The predicted octanol–water partition coefficient (Wildman–Crippen LogP) is 7.19. The van der Waals surface area contributed by atoms with Crippen LogP contribution < -0.4 is 5.32 Å². The monoisotopic (exact) mass is 510 g/mol. The Morgan fingerprint density at radius 1 is 0.919 bits per heavy atom. The number of halogens is 3. The zero-order valence-corrected chi connectivity index (χ0v) is 21.1. The molecule has 0 spiro atoms. The maximum absolute atomic E-state index is 13.0. The molecule has 1 amide bonds. The Balaban J connectivity index is 1.11. The van der Waals surface area contributed by atoms with Crippen molar-refractivity contribution in [2.45, 2.75) is 69.6 Å².